The van der Waals surface area contributed by atoms with E-state index in [4.69, 9.17) is 27.1 Å². The summed E-state index contributed by atoms with van der Waals surface area (Å²) in [7, 11) is 79.3. The van der Waals surface area contributed by atoms with Gasteiger partial charge in [0.25, 0.3) is 0 Å². The van der Waals surface area contributed by atoms with Crippen LogP contribution in [0.25, 0.3) is 0 Å². The predicted molar refractivity (Wildman–Crippen MR) is 551 cm³/mol. The molecule has 504 valence electrons. The predicted octanol–water partition coefficient (Wildman–Crippen LogP) is 32.6. The third kappa shape index (κ3) is 30.0. The quantitative estimate of drug-likeness (QED) is 0.0519. The SMILES string of the molecule is CC1=C2[C@H](OP(P(P)P)P(PP)P(P)P)CCC(=O)[C@@H](OPP)C(C[C@@H]1OP(P(P)P(P)P)P(P(P)P)P(P)P)C2(C)C.CC1=C2[C@H](OP(P(P)P)P(PP)P(P)P)CCC(=O)[C@H](OPP)C(C[C@@H]1OP(P(P)P(P)P)P(P(P)P)P(P)P)C2(C)C. The molecule has 2 saturated carbocycles. The number of ketones is 2. The van der Waals surface area contributed by atoms with Gasteiger partial charge in [0.1, 0.15) is 12.2 Å². The third-order valence-electron chi connectivity index (χ3n) is 13.9. The zero-order valence-corrected chi connectivity index (χ0v) is 100.0. The van der Waals surface area contributed by atoms with Gasteiger partial charge < -0.3 is 27.1 Å². The minimum atomic E-state index is -0.664. The van der Waals surface area contributed by atoms with Gasteiger partial charge in [0, 0.05) is 83.6 Å². The van der Waals surface area contributed by atoms with Crippen molar-refractivity contribution in [2.75, 3.05) is 0 Å². The lowest BCUT2D eigenvalue weighted by Crippen LogP contribution is -2.50. The number of hydrogen-bond donors (Lipinski definition) is 0. The van der Waals surface area contributed by atoms with Crippen molar-refractivity contribution in [2.45, 2.75) is 117 Å². The zero-order valence-electron chi connectivity index (χ0n) is 48.1. The molecule has 0 amide bonds. The van der Waals surface area contributed by atoms with Gasteiger partial charge in [-0.3, -0.25) is 9.59 Å². The van der Waals surface area contributed by atoms with E-state index in [-0.39, 0.29) is 173 Å². The molecule has 0 aliphatic heterocycles. The van der Waals surface area contributed by atoms with Crippen LogP contribution >= 0.6 is 407 Å². The van der Waals surface area contributed by atoms with Crippen LogP contribution in [-0.4, -0.2) is 48.2 Å². The van der Waals surface area contributed by atoms with Crippen molar-refractivity contribution in [3.05, 3.63) is 22.3 Å². The second kappa shape index (κ2) is 50.5. The van der Waals surface area contributed by atoms with E-state index < -0.39 is 56.3 Å². The van der Waals surface area contributed by atoms with Crippen molar-refractivity contribution in [3.63, 3.8) is 0 Å². The van der Waals surface area contributed by atoms with Crippen molar-refractivity contribution >= 4 is 419 Å². The Labute approximate surface area is 609 Å². The molecule has 0 aromatic rings. The average Bonchev–Trinajstić information content (AvgIpc) is 0.879. The lowest BCUT2D eigenvalue weighted by molar-refractivity contribution is -0.132. The van der Waals surface area contributed by atoms with Crippen molar-refractivity contribution in [1.82, 2.24) is 0 Å². The minimum absolute atomic E-state index is 0.0316. The smallest absolute Gasteiger partial charge is 0.162 e. The lowest BCUT2D eigenvalue weighted by atomic mass is 9.59. The molecule has 40 unspecified atom stereocenters. The normalized spacial score (nSPS) is 28.4. The van der Waals surface area contributed by atoms with E-state index in [1.807, 2.05) is 0 Å². The Hall–Kier alpha value is 20.1. The number of carbonyl (C=O) groups is 2. The molecule has 0 radical (unpaired) electrons. The highest BCUT2D eigenvalue weighted by atomic mass is 33.2. The highest BCUT2D eigenvalue weighted by Gasteiger charge is 2.55. The maximum Gasteiger partial charge on any atom is 0.162 e. The Balaban J connectivity index is 0.000000450. The summed E-state index contributed by atoms with van der Waals surface area (Å²) in [6.07, 6.45) is 3.02. The Morgan fingerprint density at radius 1 is 0.395 bits per heavy atom. The van der Waals surface area contributed by atoms with E-state index in [0.717, 1.165) is 28.8 Å². The summed E-state index contributed by atoms with van der Waals surface area (Å²) in [5, 5.41) is 0. The Bertz CT molecular complexity index is 2000. The molecule has 0 spiro atoms. The summed E-state index contributed by atoms with van der Waals surface area (Å²) in [5.41, 5.74) is 4.97. The van der Waals surface area contributed by atoms with E-state index >= 15 is 0 Å². The van der Waals surface area contributed by atoms with Gasteiger partial charge in [-0.15, -0.1) is 196 Å². The van der Waals surface area contributed by atoms with Crippen molar-refractivity contribution in [3.8, 4) is 0 Å². The van der Waals surface area contributed by atoms with Gasteiger partial charge in [0.2, 0.25) is 0 Å². The van der Waals surface area contributed by atoms with Crippen LogP contribution in [-0.2, 0) is 36.7 Å². The molecular weight excluding hydrogens is 2010 g/mol. The summed E-state index contributed by atoms with van der Waals surface area (Å²) in [4.78, 5) is 27.7. The van der Waals surface area contributed by atoms with E-state index in [9.17, 15) is 9.59 Å². The van der Waals surface area contributed by atoms with Crippen LogP contribution in [0.3, 0.4) is 0 Å². The number of hydrogen-bond acceptors (Lipinski definition) is 8. The summed E-state index contributed by atoms with van der Waals surface area (Å²) in [6.45, 7) is 9.03. The van der Waals surface area contributed by atoms with E-state index in [0.29, 0.717) is 25.7 Å². The monoisotopic (exact) mass is 2110 g/mol. The van der Waals surface area contributed by atoms with Gasteiger partial charge >= 0.3 is 0 Å². The molecule has 58 heteroatoms. The maximum atomic E-state index is 13.9. The standard InChI is InChI=1S/2C14H47O4P25/c2*1-7-11(18-35(41(31)37(23)24)43(39(27)28)40(29)30)6-8-13(16-32-19)9(15)4-5-10(12(7)14(8,2)3)17-34(36(21)22)42(33-20)38(25)26/h2*8,10-11,13,32-33H,4-6,19-31H2,1-3H3/t8?,10-,11+,13+,34?,35?,41?,42?;8?,10-,11+,13-,34?,35?,41?,42?/m11/s1. The van der Waals surface area contributed by atoms with Crippen LogP contribution in [0.1, 0.15) is 80.1 Å². The van der Waals surface area contributed by atoms with Gasteiger partial charge in [-0.25, -0.2) is 0 Å². The summed E-state index contributed by atoms with van der Waals surface area (Å²) in [6, 6.07) is 0. The lowest BCUT2D eigenvalue weighted by Gasteiger charge is -2.52. The molecule has 8 nitrogen and oxygen atoms in total. The Morgan fingerprint density at radius 2 is 0.674 bits per heavy atom. The number of rotatable bonds is 30. The third-order valence-corrected chi connectivity index (χ3v) is 252. The van der Waals surface area contributed by atoms with Crippen LogP contribution in [0, 0.1) is 22.7 Å². The number of carbonyl (C=O) groups excluding carboxylic acids is 2. The topological polar surface area (TPSA) is 89.5 Å². The van der Waals surface area contributed by atoms with Crippen molar-refractivity contribution in [2.24, 2.45) is 22.7 Å². The van der Waals surface area contributed by atoms with E-state index in [1.165, 1.54) is 22.3 Å². The molecule has 4 bridgehead atoms. The number of Topliss-reactive ketones (excluding diaryl/α,β-unsaturated/α-hetero) is 2. The molecule has 4 aliphatic rings. The fourth-order valence-electron chi connectivity index (χ4n) is 10.3. The molecule has 4 rings (SSSR count). The van der Waals surface area contributed by atoms with Gasteiger partial charge in [-0.2, -0.15) is 0 Å². The van der Waals surface area contributed by atoms with Gasteiger partial charge in [-0.05, 0) is 143 Å². The fourth-order valence-corrected chi connectivity index (χ4v) is 336. The summed E-state index contributed by atoms with van der Waals surface area (Å²) >= 11 is 0. The van der Waals surface area contributed by atoms with E-state index in [2.05, 4.69) is 274 Å². The molecule has 86 heavy (non-hydrogen) atoms. The van der Waals surface area contributed by atoms with Crippen LogP contribution in [0.4, 0.5) is 0 Å². The summed E-state index contributed by atoms with van der Waals surface area (Å²) < 4.78 is 42.3. The van der Waals surface area contributed by atoms with Crippen LogP contribution < -0.4 is 0 Å². The molecule has 46 atom stereocenters. The molecule has 4 aliphatic carbocycles. The second-order valence-electron chi connectivity index (χ2n) is 19.8. The first-order valence-corrected chi connectivity index (χ1v) is 111. The minimum Gasteiger partial charge on any atom is -0.347 e. The van der Waals surface area contributed by atoms with Crippen LogP contribution in [0.15, 0.2) is 22.3 Å². The first-order chi connectivity index (χ1) is 39.8. The van der Waals surface area contributed by atoms with Crippen molar-refractivity contribution in [1.29, 1.82) is 0 Å². The highest BCUT2D eigenvalue weighted by Crippen LogP contribution is 3.19. The fraction of sp³-hybridized carbons (Fsp3) is 0.786. The summed E-state index contributed by atoms with van der Waals surface area (Å²) in [5.74, 6) is 0.542. The first kappa shape index (κ1) is 100. The Morgan fingerprint density at radius 3 is 0.895 bits per heavy atom. The molecule has 0 N–H and O–H groups in total. The van der Waals surface area contributed by atoms with Crippen molar-refractivity contribution < 1.29 is 36.7 Å². The Kier molecular flexibility index (Phi) is 58.9. The molecule has 0 aromatic carbocycles. The zero-order chi connectivity index (χ0) is 65.9. The first-order valence-electron chi connectivity index (χ1n) is 24.6. The van der Waals surface area contributed by atoms with Crippen LogP contribution in [0.2, 0.25) is 0 Å². The maximum absolute atomic E-state index is 13.9. The van der Waals surface area contributed by atoms with Gasteiger partial charge in [-0.1, -0.05) is 79.3 Å². The number of fused-ring (bicyclic) bond motifs is 4. The van der Waals surface area contributed by atoms with E-state index in [1.54, 1.807) is 0 Å². The highest BCUT2D eigenvalue weighted by molar-refractivity contribution is 9.21. The molecule has 0 heterocycles. The molecule has 0 aromatic heterocycles. The molecule has 2 fully saturated rings. The molecular formula is C28H94O8P50. The van der Waals surface area contributed by atoms with Gasteiger partial charge in [0.05, 0.1) is 54.5 Å². The largest absolute Gasteiger partial charge is 0.347 e. The van der Waals surface area contributed by atoms with Gasteiger partial charge in [0.15, 0.2) is 11.6 Å². The van der Waals surface area contributed by atoms with Crippen LogP contribution in [0.5, 0.6) is 0 Å². The average molecular weight is 2110 g/mol. The second-order valence-corrected chi connectivity index (χ2v) is 189. The molecule has 0 saturated heterocycles.